The largest absolute Gasteiger partial charge is 0.351 e. The van der Waals surface area contributed by atoms with E-state index >= 15 is 0 Å². The van der Waals surface area contributed by atoms with E-state index in [1.165, 1.54) is 0 Å². The standard InChI is InChI=1S/C12H17N3O2/c13-8-10-2-1-4-14-11(10)15-5-3-12(9-15)16-6-7-17-12/h1-2,4H,3,5-9,13H2. The third kappa shape index (κ3) is 1.90. The molecule has 5 heteroatoms. The molecule has 2 aliphatic rings. The highest BCUT2D eigenvalue weighted by atomic mass is 16.7. The number of rotatable bonds is 2. The predicted octanol–water partition coefficient (Wildman–Crippen LogP) is 0.493. The number of aromatic nitrogens is 1. The first kappa shape index (κ1) is 11.0. The summed E-state index contributed by atoms with van der Waals surface area (Å²) < 4.78 is 11.4. The quantitative estimate of drug-likeness (QED) is 0.808. The molecule has 1 aromatic rings. The number of ether oxygens (including phenoxy) is 2. The average molecular weight is 235 g/mol. The Hall–Kier alpha value is -1.17. The van der Waals surface area contributed by atoms with Gasteiger partial charge in [0.15, 0.2) is 5.79 Å². The van der Waals surface area contributed by atoms with E-state index in [-0.39, 0.29) is 0 Å². The van der Waals surface area contributed by atoms with Gasteiger partial charge in [-0.15, -0.1) is 0 Å². The zero-order valence-corrected chi connectivity index (χ0v) is 9.76. The maximum Gasteiger partial charge on any atom is 0.187 e. The first-order chi connectivity index (χ1) is 8.33. The summed E-state index contributed by atoms with van der Waals surface area (Å²) >= 11 is 0. The molecule has 0 radical (unpaired) electrons. The Kier molecular flexibility index (Phi) is 2.74. The predicted molar refractivity (Wildman–Crippen MR) is 63.6 cm³/mol. The highest BCUT2D eigenvalue weighted by Gasteiger charge is 2.43. The molecule has 3 heterocycles. The van der Waals surface area contributed by atoms with Crippen molar-refractivity contribution in [2.75, 3.05) is 31.2 Å². The van der Waals surface area contributed by atoms with E-state index in [1.54, 1.807) is 6.20 Å². The number of hydrogen-bond donors (Lipinski definition) is 1. The summed E-state index contributed by atoms with van der Waals surface area (Å²) in [6.07, 6.45) is 2.70. The third-order valence-corrected chi connectivity index (χ3v) is 3.39. The van der Waals surface area contributed by atoms with Crippen molar-refractivity contribution in [1.29, 1.82) is 0 Å². The zero-order chi connectivity index (χ0) is 11.7. The Balaban J connectivity index is 1.82. The van der Waals surface area contributed by atoms with Crippen molar-refractivity contribution < 1.29 is 9.47 Å². The van der Waals surface area contributed by atoms with E-state index in [0.717, 1.165) is 30.9 Å². The fraction of sp³-hybridized carbons (Fsp3) is 0.583. The first-order valence-electron chi connectivity index (χ1n) is 6.00. The molecule has 0 saturated carbocycles. The Morgan fingerprint density at radius 3 is 3.00 bits per heavy atom. The molecule has 5 nitrogen and oxygen atoms in total. The van der Waals surface area contributed by atoms with Crippen LogP contribution in [-0.2, 0) is 16.0 Å². The van der Waals surface area contributed by atoms with E-state index in [2.05, 4.69) is 9.88 Å². The molecular weight excluding hydrogens is 218 g/mol. The Labute approximate surface area is 101 Å². The number of hydrogen-bond acceptors (Lipinski definition) is 5. The zero-order valence-electron chi connectivity index (χ0n) is 9.76. The van der Waals surface area contributed by atoms with Gasteiger partial charge < -0.3 is 20.1 Å². The van der Waals surface area contributed by atoms with E-state index in [1.807, 2.05) is 12.1 Å². The second-order valence-electron chi connectivity index (χ2n) is 4.47. The van der Waals surface area contributed by atoms with Crippen LogP contribution in [0.3, 0.4) is 0 Å². The van der Waals surface area contributed by atoms with E-state index in [4.69, 9.17) is 15.2 Å². The molecule has 2 N–H and O–H groups in total. The van der Waals surface area contributed by atoms with E-state index in [9.17, 15) is 0 Å². The van der Waals surface area contributed by atoms with E-state index in [0.29, 0.717) is 19.8 Å². The fourth-order valence-corrected chi connectivity index (χ4v) is 2.54. The average Bonchev–Trinajstić information content (AvgIpc) is 3.00. The molecule has 0 aromatic carbocycles. The monoisotopic (exact) mass is 235 g/mol. The van der Waals surface area contributed by atoms with Gasteiger partial charge in [0.25, 0.3) is 0 Å². The lowest BCUT2D eigenvalue weighted by Crippen LogP contribution is -2.34. The van der Waals surface area contributed by atoms with Gasteiger partial charge in [-0.2, -0.15) is 0 Å². The van der Waals surface area contributed by atoms with Gasteiger partial charge in [0.2, 0.25) is 0 Å². The number of pyridine rings is 1. The summed E-state index contributed by atoms with van der Waals surface area (Å²) in [5, 5.41) is 0. The van der Waals surface area contributed by atoms with Gasteiger partial charge in [0, 0.05) is 31.3 Å². The molecule has 92 valence electrons. The molecule has 1 spiro atoms. The Morgan fingerprint density at radius 1 is 1.41 bits per heavy atom. The van der Waals surface area contributed by atoms with Crippen molar-refractivity contribution in [3.63, 3.8) is 0 Å². The fourth-order valence-electron chi connectivity index (χ4n) is 2.54. The lowest BCUT2D eigenvalue weighted by Gasteiger charge is -2.24. The summed E-state index contributed by atoms with van der Waals surface area (Å²) in [6.45, 7) is 3.55. The maximum absolute atomic E-state index is 5.73. The van der Waals surface area contributed by atoms with Crippen LogP contribution in [0.2, 0.25) is 0 Å². The molecule has 0 atom stereocenters. The molecule has 0 unspecified atom stereocenters. The molecule has 0 amide bonds. The molecule has 0 bridgehead atoms. The summed E-state index contributed by atoms with van der Waals surface area (Å²) in [5.74, 6) is 0.564. The smallest absolute Gasteiger partial charge is 0.187 e. The first-order valence-corrected chi connectivity index (χ1v) is 6.00. The van der Waals surface area contributed by atoms with Crippen molar-refractivity contribution >= 4 is 5.82 Å². The van der Waals surface area contributed by atoms with Crippen molar-refractivity contribution in [3.8, 4) is 0 Å². The van der Waals surface area contributed by atoms with Crippen molar-refractivity contribution in [2.45, 2.75) is 18.8 Å². The Bertz CT molecular complexity index is 404. The van der Waals surface area contributed by atoms with Crippen LogP contribution in [0.15, 0.2) is 18.3 Å². The van der Waals surface area contributed by atoms with Crippen LogP contribution in [0.5, 0.6) is 0 Å². The van der Waals surface area contributed by atoms with Gasteiger partial charge >= 0.3 is 0 Å². The second-order valence-corrected chi connectivity index (χ2v) is 4.47. The number of nitrogens with two attached hydrogens (primary N) is 1. The van der Waals surface area contributed by atoms with Crippen molar-refractivity contribution in [1.82, 2.24) is 4.98 Å². The van der Waals surface area contributed by atoms with Crippen LogP contribution in [0.4, 0.5) is 5.82 Å². The van der Waals surface area contributed by atoms with Gasteiger partial charge in [-0.05, 0) is 6.07 Å². The minimum atomic E-state index is -0.399. The SMILES string of the molecule is NCc1cccnc1N1CCC2(C1)OCCO2. The lowest BCUT2D eigenvalue weighted by atomic mass is 10.2. The normalized spacial score (nSPS) is 22.5. The topological polar surface area (TPSA) is 60.6 Å². The highest BCUT2D eigenvalue weighted by molar-refractivity contribution is 5.48. The Morgan fingerprint density at radius 2 is 2.24 bits per heavy atom. The van der Waals surface area contributed by atoms with Crippen LogP contribution in [0.25, 0.3) is 0 Å². The van der Waals surface area contributed by atoms with Gasteiger partial charge in [-0.25, -0.2) is 4.98 Å². The summed E-state index contributed by atoms with van der Waals surface area (Å²) in [7, 11) is 0. The number of anilines is 1. The molecule has 17 heavy (non-hydrogen) atoms. The van der Waals surface area contributed by atoms with Gasteiger partial charge in [0.1, 0.15) is 5.82 Å². The van der Waals surface area contributed by atoms with Gasteiger partial charge in [-0.3, -0.25) is 0 Å². The van der Waals surface area contributed by atoms with Crippen LogP contribution in [0, 0.1) is 0 Å². The van der Waals surface area contributed by atoms with Crippen LogP contribution < -0.4 is 10.6 Å². The minimum Gasteiger partial charge on any atom is -0.351 e. The minimum absolute atomic E-state index is 0.399. The third-order valence-electron chi connectivity index (χ3n) is 3.39. The van der Waals surface area contributed by atoms with Gasteiger partial charge in [-0.1, -0.05) is 6.07 Å². The molecule has 2 saturated heterocycles. The van der Waals surface area contributed by atoms with E-state index < -0.39 is 5.79 Å². The summed E-state index contributed by atoms with van der Waals surface area (Å²) in [6, 6.07) is 3.93. The highest BCUT2D eigenvalue weighted by Crippen LogP contribution is 2.33. The van der Waals surface area contributed by atoms with Crippen LogP contribution in [0.1, 0.15) is 12.0 Å². The van der Waals surface area contributed by atoms with Crippen molar-refractivity contribution in [2.24, 2.45) is 5.73 Å². The van der Waals surface area contributed by atoms with Gasteiger partial charge in [0.05, 0.1) is 19.8 Å². The number of nitrogens with zero attached hydrogens (tertiary/aromatic N) is 2. The lowest BCUT2D eigenvalue weighted by molar-refractivity contribution is -0.137. The van der Waals surface area contributed by atoms with Crippen LogP contribution in [-0.4, -0.2) is 37.1 Å². The maximum atomic E-state index is 5.73. The molecule has 3 rings (SSSR count). The second kappa shape index (κ2) is 4.25. The molecule has 1 aromatic heterocycles. The molecule has 0 aliphatic carbocycles. The van der Waals surface area contributed by atoms with Crippen LogP contribution >= 0.6 is 0 Å². The molecule has 2 fully saturated rings. The molecular formula is C12H17N3O2. The summed E-state index contributed by atoms with van der Waals surface area (Å²) in [4.78, 5) is 6.62. The molecule has 2 aliphatic heterocycles. The summed E-state index contributed by atoms with van der Waals surface area (Å²) in [5.41, 5.74) is 6.81. The van der Waals surface area contributed by atoms with Crippen molar-refractivity contribution in [3.05, 3.63) is 23.9 Å².